The van der Waals surface area contributed by atoms with Crippen LogP contribution in [-0.2, 0) is 0 Å². The Labute approximate surface area is 138 Å². The fourth-order valence-electron chi connectivity index (χ4n) is 3.04. The summed E-state index contributed by atoms with van der Waals surface area (Å²) in [7, 11) is 0. The average Bonchev–Trinajstić information content (AvgIpc) is 2.63. The molecule has 0 radical (unpaired) electrons. The van der Waals surface area contributed by atoms with E-state index in [1.54, 1.807) is 0 Å². The predicted molar refractivity (Wildman–Crippen MR) is 97.5 cm³/mol. The van der Waals surface area contributed by atoms with Crippen molar-refractivity contribution in [2.45, 2.75) is 18.9 Å². The molecule has 116 valence electrons. The van der Waals surface area contributed by atoms with Gasteiger partial charge in [0.15, 0.2) is 0 Å². The number of nitrogens with zero attached hydrogens (tertiary/aromatic N) is 1. The van der Waals surface area contributed by atoms with Gasteiger partial charge in [0.05, 0.1) is 0 Å². The van der Waals surface area contributed by atoms with Crippen LogP contribution >= 0.6 is 0 Å². The van der Waals surface area contributed by atoms with Crippen molar-refractivity contribution in [1.29, 1.82) is 0 Å². The summed E-state index contributed by atoms with van der Waals surface area (Å²) in [6, 6.07) is 22.1. The SMILES string of the molecule is C#CN1CCCC(NC(=C)c2ccc(-c3ccccc3)cc2)C1. The van der Waals surface area contributed by atoms with Gasteiger partial charge in [-0.05, 0) is 29.5 Å². The van der Waals surface area contributed by atoms with Crippen molar-refractivity contribution in [3.05, 3.63) is 66.7 Å². The second-order valence-corrected chi connectivity index (χ2v) is 5.98. The van der Waals surface area contributed by atoms with Crippen LogP contribution in [0.15, 0.2) is 61.2 Å². The summed E-state index contributed by atoms with van der Waals surface area (Å²) >= 11 is 0. The summed E-state index contributed by atoms with van der Waals surface area (Å²) < 4.78 is 0. The van der Waals surface area contributed by atoms with Gasteiger partial charge in [-0.3, -0.25) is 0 Å². The van der Waals surface area contributed by atoms with Gasteiger partial charge < -0.3 is 10.2 Å². The van der Waals surface area contributed by atoms with Crippen LogP contribution in [0.3, 0.4) is 0 Å². The van der Waals surface area contributed by atoms with E-state index in [0.717, 1.165) is 37.2 Å². The highest BCUT2D eigenvalue weighted by Gasteiger charge is 2.18. The number of piperidine rings is 1. The van der Waals surface area contributed by atoms with E-state index in [1.165, 1.54) is 11.1 Å². The molecule has 0 aromatic heterocycles. The van der Waals surface area contributed by atoms with Crippen molar-refractivity contribution in [2.24, 2.45) is 0 Å². The Kier molecular flexibility index (Phi) is 4.68. The Morgan fingerprint density at radius 2 is 1.78 bits per heavy atom. The predicted octanol–water partition coefficient (Wildman–Crippen LogP) is 3.97. The molecule has 0 saturated carbocycles. The third-order valence-corrected chi connectivity index (χ3v) is 4.32. The maximum atomic E-state index is 5.51. The molecule has 0 bridgehead atoms. The van der Waals surface area contributed by atoms with Gasteiger partial charge in [0.25, 0.3) is 0 Å². The van der Waals surface area contributed by atoms with Crippen molar-refractivity contribution in [3.63, 3.8) is 0 Å². The molecule has 2 aromatic carbocycles. The fourth-order valence-corrected chi connectivity index (χ4v) is 3.04. The first-order chi connectivity index (χ1) is 11.3. The minimum absolute atomic E-state index is 0.376. The Bertz CT molecular complexity index is 695. The van der Waals surface area contributed by atoms with Crippen LogP contribution in [0.4, 0.5) is 0 Å². The Balaban J connectivity index is 1.65. The molecule has 0 aliphatic carbocycles. The minimum atomic E-state index is 0.376. The number of hydrogen-bond donors (Lipinski definition) is 1. The second-order valence-electron chi connectivity index (χ2n) is 5.98. The maximum Gasteiger partial charge on any atom is 0.0462 e. The zero-order valence-electron chi connectivity index (χ0n) is 13.3. The van der Waals surface area contributed by atoms with Gasteiger partial charge in [0.2, 0.25) is 0 Å². The highest BCUT2D eigenvalue weighted by Crippen LogP contribution is 2.22. The van der Waals surface area contributed by atoms with Crippen LogP contribution in [0.1, 0.15) is 18.4 Å². The lowest BCUT2D eigenvalue weighted by Gasteiger charge is -2.31. The van der Waals surface area contributed by atoms with E-state index in [0.29, 0.717) is 6.04 Å². The van der Waals surface area contributed by atoms with E-state index in [4.69, 9.17) is 6.42 Å². The molecule has 0 spiro atoms. The number of nitrogens with one attached hydrogen (secondary N) is 1. The molecular formula is C21H22N2. The molecular weight excluding hydrogens is 280 g/mol. The second kappa shape index (κ2) is 7.07. The largest absolute Gasteiger partial charge is 0.380 e. The third kappa shape index (κ3) is 3.76. The van der Waals surface area contributed by atoms with E-state index in [-0.39, 0.29) is 0 Å². The number of hydrogen-bond acceptors (Lipinski definition) is 2. The van der Waals surface area contributed by atoms with Crippen molar-refractivity contribution < 1.29 is 0 Å². The molecule has 3 rings (SSSR count). The van der Waals surface area contributed by atoms with Gasteiger partial charge in [-0.1, -0.05) is 67.6 Å². The van der Waals surface area contributed by atoms with Crippen molar-refractivity contribution in [2.75, 3.05) is 13.1 Å². The Morgan fingerprint density at radius 1 is 1.09 bits per heavy atom. The lowest BCUT2D eigenvalue weighted by Crippen LogP contribution is -2.42. The van der Waals surface area contributed by atoms with Crippen LogP contribution in [-0.4, -0.2) is 24.0 Å². The molecule has 1 N–H and O–H groups in total. The molecule has 1 saturated heterocycles. The summed E-state index contributed by atoms with van der Waals surface area (Å²) in [5, 5.41) is 3.53. The van der Waals surface area contributed by atoms with Crippen LogP contribution < -0.4 is 5.32 Å². The summed E-state index contributed by atoms with van der Waals surface area (Å²) in [6.07, 6.45) is 7.77. The zero-order chi connectivity index (χ0) is 16.1. The monoisotopic (exact) mass is 302 g/mol. The minimum Gasteiger partial charge on any atom is -0.380 e. The van der Waals surface area contributed by atoms with Gasteiger partial charge in [0.1, 0.15) is 0 Å². The molecule has 0 amide bonds. The van der Waals surface area contributed by atoms with Crippen LogP contribution in [0.25, 0.3) is 16.8 Å². The van der Waals surface area contributed by atoms with Crippen LogP contribution in [0.5, 0.6) is 0 Å². The molecule has 2 heteroatoms. The summed E-state index contributed by atoms with van der Waals surface area (Å²) in [5.74, 6) is 0. The van der Waals surface area contributed by atoms with Gasteiger partial charge in [-0.2, -0.15) is 0 Å². The number of rotatable bonds is 4. The van der Waals surface area contributed by atoms with Gasteiger partial charge in [-0.25, -0.2) is 0 Å². The quantitative estimate of drug-likeness (QED) is 0.860. The first-order valence-corrected chi connectivity index (χ1v) is 8.09. The number of terminal acetylenes is 1. The van der Waals surface area contributed by atoms with Crippen LogP contribution in [0.2, 0.25) is 0 Å². The van der Waals surface area contributed by atoms with E-state index < -0.39 is 0 Å². The first-order valence-electron chi connectivity index (χ1n) is 8.09. The van der Waals surface area contributed by atoms with Gasteiger partial charge in [-0.15, -0.1) is 0 Å². The molecule has 1 atom stereocenters. The molecule has 1 unspecified atom stereocenters. The first kappa shape index (κ1) is 15.2. The molecule has 1 aliphatic heterocycles. The molecule has 1 fully saturated rings. The average molecular weight is 302 g/mol. The molecule has 1 heterocycles. The Hall–Kier alpha value is -2.66. The van der Waals surface area contributed by atoms with E-state index in [1.807, 2.05) is 11.0 Å². The van der Waals surface area contributed by atoms with Gasteiger partial charge >= 0.3 is 0 Å². The standard InChI is InChI=1S/C21H22N2/c1-3-23-15-7-10-21(16-23)22-17(2)18-11-13-20(14-12-18)19-8-5-4-6-9-19/h1,4-6,8-9,11-14,21-22H,2,7,10,15-16H2. The lowest BCUT2D eigenvalue weighted by molar-refractivity contribution is 0.280. The molecule has 2 aromatic rings. The summed E-state index contributed by atoms with van der Waals surface area (Å²) in [6.45, 7) is 6.07. The van der Waals surface area contributed by atoms with Crippen molar-refractivity contribution in [3.8, 4) is 23.6 Å². The zero-order valence-corrected chi connectivity index (χ0v) is 13.3. The Morgan fingerprint density at radius 3 is 2.48 bits per heavy atom. The number of benzene rings is 2. The van der Waals surface area contributed by atoms with E-state index >= 15 is 0 Å². The topological polar surface area (TPSA) is 15.3 Å². The molecule has 1 aliphatic rings. The lowest BCUT2D eigenvalue weighted by atomic mass is 10.0. The fraction of sp³-hybridized carbons (Fsp3) is 0.238. The van der Waals surface area contributed by atoms with Crippen molar-refractivity contribution in [1.82, 2.24) is 10.2 Å². The molecule has 23 heavy (non-hydrogen) atoms. The highest BCUT2D eigenvalue weighted by atomic mass is 15.1. The van der Waals surface area contributed by atoms with Crippen molar-refractivity contribution >= 4 is 5.70 Å². The van der Waals surface area contributed by atoms with E-state index in [2.05, 4.69) is 66.5 Å². The third-order valence-electron chi connectivity index (χ3n) is 4.32. The normalized spacial score (nSPS) is 17.3. The summed E-state index contributed by atoms with van der Waals surface area (Å²) in [5.41, 5.74) is 4.55. The summed E-state index contributed by atoms with van der Waals surface area (Å²) in [4.78, 5) is 2.03. The number of likely N-dealkylation sites (tertiary alicyclic amines) is 1. The van der Waals surface area contributed by atoms with Gasteiger partial charge in [0, 0.05) is 30.9 Å². The smallest absolute Gasteiger partial charge is 0.0462 e. The maximum absolute atomic E-state index is 5.51. The molecule has 2 nitrogen and oxygen atoms in total. The van der Waals surface area contributed by atoms with E-state index in [9.17, 15) is 0 Å². The van der Waals surface area contributed by atoms with Crippen LogP contribution in [0, 0.1) is 12.5 Å². The highest BCUT2D eigenvalue weighted by molar-refractivity contribution is 5.68.